The molecule has 2 heterocycles. The zero-order valence-electron chi connectivity index (χ0n) is 12.1. The summed E-state index contributed by atoms with van der Waals surface area (Å²) in [6, 6.07) is -0.829. The zero-order chi connectivity index (χ0) is 15.4. The number of hydrogen-bond acceptors (Lipinski definition) is 4. The van der Waals surface area contributed by atoms with E-state index in [1.54, 1.807) is 4.90 Å². The SMILES string of the molecule is CNC(=O)C1COCCN1C(=O)N1CCC(C(=O)O)CC1. The lowest BCUT2D eigenvalue weighted by atomic mass is 9.97. The fourth-order valence-electron chi connectivity index (χ4n) is 2.72. The van der Waals surface area contributed by atoms with Crippen molar-refractivity contribution in [2.24, 2.45) is 5.92 Å². The highest BCUT2D eigenvalue weighted by Crippen LogP contribution is 2.20. The monoisotopic (exact) mass is 299 g/mol. The molecule has 118 valence electrons. The van der Waals surface area contributed by atoms with Gasteiger partial charge in [-0.1, -0.05) is 0 Å². The lowest BCUT2D eigenvalue weighted by Gasteiger charge is -2.39. The molecule has 1 atom stereocenters. The van der Waals surface area contributed by atoms with Crippen LogP contribution in [0.5, 0.6) is 0 Å². The van der Waals surface area contributed by atoms with Crippen molar-refractivity contribution >= 4 is 17.9 Å². The summed E-state index contributed by atoms with van der Waals surface area (Å²) in [6.07, 6.45) is 0.909. The predicted octanol–water partition coefficient (Wildman–Crippen LogP) is -0.650. The number of aliphatic carboxylic acids is 1. The summed E-state index contributed by atoms with van der Waals surface area (Å²) in [5, 5.41) is 11.5. The minimum atomic E-state index is -0.809. The summed E-state index contributed by atoms with van der Waals surface area (Å²) in [5.41, 5.74) is 0. The Kier molecular flexibility index (Phi) is 5.00. The van der Waals surface area contributed by atoms with Gasteiger partial charge in [-0.3, -0.25) is 9.59 Å². The second-order valence-corrected chi connectivity index (χ2v) is 5.28. The molecule has 2 aliphatic heterocycles. The number of ether oxygens (including phenoxy) is 1. The van der Waals surface area contributed by atoms with E-state index in [1.807, 2.05) is 0 Å². The predicted molar refractivity (Wildman–Crippen MR) is 72.7 cm³/mol. The second-order valence-electron chi connectivity index (χ2n) is 5.28. The van der Waals surface area contributed by atoms with Gasteiger partial charge in [0.25, 0.3) is 0 Å². The number of nitrogens with zero attached hydrogens (tertiary/aromatic N) is 2. The first-order valence-corrected chi connectivity index (χ1v) is 7.12. The fraction of sp³-hybridized carbons (Fsp3) is 0.769. The van der Waals surface area contributed by atoms with Crippen LogP contribution in [-0.2, 0) is 14.3 Å². The van der Waals surface area contributed by atoms with Crippen LogP contribution in [0.2, 0.25) is 0 Å². The number of carbonyl (C=O) groups is 3. The summed E-state index contributed by atoms with van der Waals surface area (Å²) in [6.45, 7) is 1.79. The van der Waals surface area contributed by atoms with Crippen LogP contribution in [0.4, 0.5) is 4.79 Å². The van der Waals surface area contributed by atoms with Crippen LogP contribution in [0.3, 0.4) is 0 Å². The maximum absolute atomic E-state index is 12.5. The second kappa shape index (κ2) is 6.75. The summed E-state index contributed by atoms with van der Waals surface area (Å²) in [4.78, 5) is 38.4. The van der Waals surface area contributed by atoms with Gasteiger partial charge in [0.2, 0.25) is 5.91 Å². The van der Waals surface area contributed by atoms with Crippen molar-refractivity contribution in [2.75, 3.05) is 39.9 Å². The molecule has 0 aromatic rings. The number of likely N-dealkylation sites (tertiary alicyclic amines) is 1. The quantitative estimate of drug-likeness (QED) is 0.706. The third-order valence-electron chi connectivity index (χ3n) is 4.04. The Balaban J connectivity index is 1.98. The maximum Gasteiger partial charge on any atom is 0.320 e. The van der Waals surface area contributed by atoms with Crippen molar-refractivity contribution in [3.05, 3.63) is 0 Å². The number of carboxylic acid groups (broad SMARTS) is 1. The Bertz CT molecular complexity index is 420. The largest absolute Gasteiger partial charge is 0.481 e. The van der Waals surface area contributed by atoms with E-state index in [4.69, 9.17) is 9.84 Å². The van der Waals surface area contributed by atoms with Crippen LogP contribution in [0.25, 0.3) is 0 Å². The number of likely N-dealkylation sites (N-methyl/N-ethyl adjacent to an activating group) is 1. The molecule has 2 saturated heterocycles. The van der Waals surface area contributed by atoms with Gasteiger partial charge in [0, 0.05) is 26.7 Å². The topological polar surface area (TPSA) is 99.2 Å². The normalized spacial score (nSPS) is 23.8. The minimum absolute atomic E-state index is 0.191. The van der Waals surface area contributed by atoms with E-state index in [0.29, 0.717) is 39.1 Å². The van der Waals surface area contributed by atoms with Crippen LogP contribution < -0.4 is 5.32 Å². The van der Waals surface area contributed by atoms with Crippen molar-refractivity contribution in [2.45, 2.75) is 18.9 Å². The fourth-order valence-corrected chi connectivity index (χ4v) is 2.72. The summed E-state index contributed by atoms with van der Waals surface area (Å²) in [7, 11) is 1.53. The van der Waals surface area contributed by atoms with Gasteiger partial charge in [0.15, 0.2) is 0 Å². The molecule has 2 fully saturated rings. The minimum Gasteiger partial charge on any atom is -0.481 e. The summed E-state index contributed by atoms with van der Waals surface area (Å²) in [5.74, 6) is -1.44. The number of carboxylic acids is 1. The molecular weight excluding hydrogens is 278 g/mol. The van der Waals surface area contributed by atoms with E-state index in [0.717, 1.165) is 0 Å². The van der Waals surface area contributed by atoms with Gasteiger partial charge >= 0.3 is 12.0 Å². The number of rotatable bonds is 2. The van der Waals surface area contributed by atoms with E-state index < -0.39 is 12.0 Å². The first kappa shape index (κ1) is 15.6. The molecule has 0 radical (unpaired) electrons. The average Bonchev–Trinajstić information content (AvgIpc) is 2.53. The third-order valence-corrected chi connectivity index (χ3v) is 4.04. The van der Waals surface area contributed by atoms with Gasteiger partial charge in [-0.2, -0.15) is 0 Å². The van der Waals surface area contributed by atoms with Crippen molar-refractivity contribution in [1.82, 2.24) is 15.1 Å². The molecule has 0 aliphatic carbocycles. The van der Waals surface area contributed by atoms with Crippen molar-refractivity contribution < 1.29 is 24.2 Å². The number of nitrogens with one attached hydrogen (secondary N) is 1. The molecule has 2 N–H and O–H groups in total. The number of carbonyl (C=O) groups excluding carboxylic acids is 2. The van der Waals surface area contributed by atoms with E-state index in [-0.39, 0.29) is 24.5 Å². The van der Waals surface area contributed by atoms with Gasteiger partial charge in [0.05, 0.1) is 19.1 Å². The lowest BCUT2D eigenvalue weighted by Crippen LogP contribution is -2.59. The third kappa shape index (κ3) is 3.44. The Labute approximate surface area is 123 Å². The standard InChI is InChI=1S/C13H21N3O5/c1-14-11(17)10-8-21-7-6-16(10)13(20)15-4-2-9(3-5-15)12(18)19/h9-10H,2-8H2,1H3,(H,14,17)(H,18,19). The van der Waals surface area contributed by atoms with E-state index in [1.165, 1.54) is 11.9 Å². The van der Waals surface area contributed by atoms with E-state index in [2.05, 4.69) is 5.32 Å². The van der Waals surface area contributed by atoms with Crippen LogP contribution in [-0.4, -0.2) is 78.8 Å². The number of morpholine rings is 1. The molecule has 21 heavy (non-hydrogen) atoms. The Hall–Kier alpha value is -1.83. The van der Waals surface area contributed by atoms with Crippen molar-refractivity contribution in [3.63, 3.8) is 0 Å². The summed E-state index contributed by atoms with van der Waals surface area (Å²) < 4.78 is 5.27. The molecule has 0 saturated carbocycles. The number of hydrogen-bond donors (Lipinski definition) is 2. The highest BCUT2D eigenvalue weighted by atomic mass is 16.5. The zero-order valence-corrected chi connectivity index (χ0v) is 12.1. The molecule has 8 heteroatoms. The molecule has 0 aromatic carbocycles. The molecule has 8 nitrogen and oxygen atoms in total. The van der Waals surface area contributed by atoms with E-state index in [9.17, 15) is 14.4 Å². The van der Waals surface area contributed by atoms with Crippen LogP contribution >= 0.6 is 0 Å². The molecule has 0 aromatic heterocycles. The maximum atomic E-state index is 12.5. The first-order valence-electron chi connectivity index (χ1n) is 7.12. The van der Waals surface area contributed by atoms with Crippen LogP contribution in [0.1, 0.15) is 12.8 Å². The molecule has 2 rings (SSSR count). The molecule has 1 unspecified atom stereocenters. The van der Waals surface area contributed by atoms with Gasteiger partial charge in [0.1, 0.15) is 6.04 Å². The Morgan fingerprint density at radius 2 is 1.86 bits per heavy atom. The first-order chi connectivity index (χ1) is 10.0. The molecular formula is C13H21N3O5. The summed E-state index contributed by atoms with van der Waals surface area (Å²) >= 11 is 0. The molecule has 0 spiro atoms. The number of piperidine rings is 1. The molecule has 2 aliphatic rings. The molecule has 0 bridgehead atoms. The Morgan fingerprint density at radius 3 is 2.43 bits per heavy atom. The lowest BCUT2D eigenvalue weighted by molar-refractivity contribution is -0.143. The number of urea groups is 1. The smallest absolute Gasteiger partial charge is 0.320 e. The van der Waals surface area contributed by atoms with Crippen LogP contribution in [0.15, 0.2) is 0 Å². The van der Waals surface area contributed by atoms with Gasteiger partial charge in [-0.15, -0.1) is 0 Å². The van der Waals surface area contributed by atoms with Gasteiger partial charge < -0.3 is 25.0 Å². The average molecular weight is 299 g/mol. The highest BCUT2D eigenvalue weighted by molar-refractivity contribution is 5.87. The van der Waals surface area contributed by atoms with Gasteiger partial charge in [-0.05, 0) is 12.8 Å². The van der Waals surface area contributed by atoms with Crippen molar-refractivity contribution in [1.29, 1.82) is 0 Å². The van der Waals surface area contributed by atoms with Crippen LogP contribution in [0, 0.1) is 5.92 Å². The highest BCUT2D eigenvalue weighted by Gasteiger charge is 2.36. The van der Waals surface area contributed by atoms with Gasteiger partial charge in [-0.25, -0.2) is 4.79 Å². The number of amides is 3. The molecule has 3 amide bonds. The van der Waals surface area contributed by atoms with Crippen molar-refractivity contribution in [3.8, 4) is 0 Å². The Morgan fingerprint density at radius 1 is 1.19 bits per heavy atom. The van der Waals surface area contributed by atoms with E-state index >= 15 is 0 Å².